The van der Waals surface area contributed by atoms with Gasteiger partial charge in [0.25, 0.3) is 5.91 Å². The zero-order valence-corrected chi connectivity index (χ0v) is 11.5. The van der Waals surface area contributed by atoms with Crippen LogP contribution >= 0.6 is 0 Å². The van der Waals surface area contributed by atoms with Gasteiger partial charge >= 0.3 is 0 Å². The molecule has 19 heavy (non-hydrogen) atoms. The maximum absolute atomic E-state index is 12.0. The van der Waals surface area contributed by atoms with Crippen LogP contribution in [0.2, 0.25) is 0 Å². The minimum atomic E-state index is -0.0635. The Balaban J connectivity index is 2.03. The lowest BCUT2D eigenvalue weighted by atomic mass is 10.1. The van der Waals surface area contributed by atoms with Crippen molar-refractivity contribution >= 4 is 5.91 Å². The molecule has 98 valence electrons. The zero-order valence-electron chi connectivity index (χ0n) is 11.5. The maximum Gasteiger partial charge on any atom is 0.251 e. The van der Waals surface area contributed by atoms with Crippen molar-refractivity contribution in [2.24, 2.45) is 0 Å². The van der Waals surface area contributed by atoms with Crippen LogP contribution in [0.3, 0.4) is 0 Å². The van der Waals surface area contributed by atoms with E-state index in [4.69, 9.17) is 0 Å². The van der Waals surface area contributed by atoms with Gasteiger partial charge < -0.3 is 5.32 Å². The van der Waals surface area contributed by atoms with E-state index < -0.39 is 0 Å². The number of nitrogens with one attached hydrogen (secondary N) is 1. The van der Waals surface area contributed by atoms with Crippen LogP contribution in [-0.2, 0) is 6.54 Å². The van der Waals surface area contributed by atoms with Gasteiger partial charge in [-0.05, 0) is 56.2 Å². The third-order valence-electron chi connectivity index (χ3n) is 3.15. The molecule has 0 atom stereocenters. The van der Waals surface area contributed by atoms with Gasteiger partial charge in [-0.3, -0.25) is 9.78 Å². The highest BCUT2D eigenvalue weighted by Crippen LogP contribution is 2.09. The molecular weight excluding hydrogens is 236 g/mol. The number of rotatable bonds is 3. The summed E-state index contributed by atoms with van der Waals surface area (Å²) in [7, 11) is 0. The molecule has 0 bridgehead atoms. The molecule has 0 aliphatic carbocycles. The molecule has 3 heteroatoms. The molecule has 0 spiro atoms. The number of aryl methyl sites for hydroxylation is 3. The highest BCUT2D eigenvalue weighted by molar-refractivity contribution is 5.94. The van der Waals surface area contributed by atoms with E-state index in [1.165, 1.54) is 5.56 Å². The molecule has 0 fully saturated rings. The number of nitrogens with zero attached hydrogens (tertiary/aromatic N) is 1. The number of hydrogen-bond acceptors (Lipinski definition) is 2. The van der Waals surface area contributed by atoms with Crippen LogP contribution < -0.4 is 5.32 Å². The summed E-state index contributed by atoms with van der Waals surface area (Å²) in [6.07, 6.45) is 0. The van der Waals surface area contributed by atoms with Crippen molar-refractivity contribution in [3.63, 3.8) is 0 Å². The topological polar surface area (TPSA) is 42.0 Å². The summed E-state index contributed by atoms with van der Waals surface area (Å²) in [6.45, 7) is 6.43. The summed E-state index contributed by atoms with van der Waals surface area (Å²) in [5, 5.41) is 2.89. The number of carbonyl (C=O) groups excluding carboxylic acids is 1. The number of aromatic nitrogens is 1. The standard InChI is InChI=1S/C16H18N2O/c1-11-7-8-14(9-12(11)2)16(19)17-10-15-6-4-5-13(3)18-15/h4-9H,10H2,1-3H3,(H,17,19). The second-order valence-corrected chi connectivity index (χ2v) is 4.75. The SMILES string of the molecule is Cc1cccc(CNC(=O)c2ccc(C)c(C)c2)n1. The fourth-order valence-electron chi connectivity index (χ4n) is 1.85. The summed E-state index contributed by atoms with van der Waals surface area (Å²) >= 11 is 0. The van der Waals surface area contributed by atoms with E-state index in [1.54, 1.807) is 0 Å². The van der Waals surface area contributed by atoms with Crippen LogP contribution in [0, 0.1) is 20.8 Å². The van der Waals surface area contributed by atoms with Crippen molar-refractivity contribution in [3.05, 3.63) is 64.5 Å². The minimum absolute atomic E-state index is 0.0635. The first-order valence-corrected chi connectivity index (χ1v) is 6.34. The Hall–Kier alpha value is -2.16. The highest BCUT2D eigenvalue weighted by Gasteiger charge is 2.06. The van der Waals surface area contributed by atoms with E-state index in [0.717, 1.165) is 17.0 Å². The Labute approximate surface area is 113 Å². The molecule has 0 unspecified atom stereocenters. The fraction of sp³-hybridized carbons (Fsp3) is 0.250. The van der Waals surface area contributed by atoms with E-state index in [0.29, 0.717) is 12.1 Å². The molecule has 0 radical (unpaired) electrons. The lowest BCUT2D eigenvalue weighted by Crippen LogP contribution is -2.23. The predicted octanol–water partition coefficient (Wildman–Crippen LogP) is 2.94. The summed E-state index contributed by atoms with van der Waals surface area (Å²) in [4.78, 5) is 16.4. The van der Waals surface area contributed by atoms with Gasteiger partial charge in [0, 0.05) is 11.3 Å². The molecule has 0 aliphatic rings. The molecular formula is C16H18N2O. The molecule has 1 N–H and O–H groups in total. The lowest BCUT2D eigenvalue weighted by Gasteiger charge is -2.07. The van der Waals surface area contributed by atoms with Gasteiger partial charge in [-0.25, -0.2) is 0 Å². The molecule has 3 nitrogen and oxygen atoms in total. The van der Waals surface area contributed by atoms with E-state index in [2.05, 4.69) is 10.3 Å². The first kappa shape index (κ1) is 13.3. The third-order valence-corrected chi connectivity index (χ3v) is 3.15. The van der Waals surface area contributed by atoms with Crippen LogP contribution in [0.15, 0.2) is 36.4 Å². The van der Waals surface area contributed by atoms with Gasteiger partial charge in [-0.15, -0.1) is 0 Å². The Morgan fingerprint density at radius 2 is 1.89 bits per heavy atom. The van der Waals surface area contributed by atoms with Gasteiger partial charge in [0.05, 0.1) is 12.2 Å². The Kier molecular flexibility index (Phi) is 3.95. The molecule has 1 aromatic heterocycles. The van der Waals surface area contributed by atoms with E-state index in [9.17, 15) is 4.79 Å². The smallest absolute Gasteiger partial charge is 0.251 e. The van der Waals surface area contributed by atoms with Crippen LogP contribution in [0.4, 0.5) is 0 Å². The van der Waals surface area contributed by atoms with Crippen molar-refractivity contribution in [1.82, 2.24) is 10.3 Å². The monoisotopic (exact) mass is 254 g/mol. The Bertz CT molecular complexity index is 605. The first-order chi connectivity index (χ1) is 9.06. The van der Waals surface area contributed by atoms with E-state index in [-0.39, 0.29) is 5.91 Å². The quantitative estimate of drug-likeness (QED) is 0.915. The number of pyridine rings is 1. The summed E-state index contributed by atoms with van der Waals surface area (Å²) in [5.41, 5.74) is 4.84. The summed E-state index contributed by atoms with van der Waals surface area (Å²) in [5.74, 6) is -0.0635. The fourth-order valence-corrected chi connectivity index (χ4v) is 1.85. The van der Waals surface area contributed by atoms with Crippen LogP contribution in [0.5, 0.6) is 0 Å². The highest BCUT2D eigenvalue weighted by atomic mass is 16.1. The van der Waals surface area contributed by atoms with E-state index >= 15 is 0 Å². The molecule has 2 rings (SSSR count). The summed E-state index contributed by atoms with van der Waals surface area (Å²) in [6, 6.07) is 11.5. The number of carbonyl (C=O) groups is 1. The van der Waals surface area contributed by atoms with Crippen LogP contribution in [0.25, 0.3) is 0 Å². The van der Waals surface area contributed by atoms with Crippen LogP contribution in [-0.4, -0.2) is 10.9 Å². The molecule has 2 aromatic rings. The third kappa shape index (κ3) is 3.41. The molecule has 1 heterocycles. The molecule has 0 saturated heterocycles. The van der Waals surface area contributed by atoms with Gasteiger partial charge in [-0.1, -0.05) is 12.1 Å². The van der Waals surface area contributed by atoms with Gasteiger partial charge in [0.15, 0.2) is 0 Å². The summed E-state index contributed by atoms with van der Waals surface area (Å²) < 4.78 is 0. The molecule has 1 amide bonds. The molecule has 1 aromatic carbocycles. The minimum Gasteiger partial charge on any atom is -0.346 e. The van der Waals surface area contributed by atoms with Crippen molar-refractivity contribution in [3.8, 4) is 0 Å². The van der Waals surface area contributed by atoms with Crippen molar-refractivity contribution in [2.75, 3.05) is 0 Å². The Morgan fingerprint density at radius 1 is 1.11 bits per heavy atom. The molecule has 0 saturated carbocycles. The average molecular weight is 254 g/mol. The largest absolute Gasteiger partial charge is 0.346 e. The molecule has 0 aliphatic heterocycles. The second kappa shape index (κ2) is 5.65. The Morgan fingerprint density at radius 3 is 2.58 bits per heavy atom. The number of hydrogen-bond donors (Lipinski definition) is 1. The van der Waals surface area contributed by atoms with Crippen molar-refractivity contribution in [1.29, 1.82) is 0 Å². The lowest BCUT2D eigenvalue weighted by molar-refractivity contribution is 0.0950. The van der Waals surface area contributed by atoms with Gasteiger partial charge in [-0.2, -0.15) is 0 Å². The number of benzene rings is 1. The normalized spacial score (nSPS) is 10.3. The van der Waals surface area contributed by atoms with Gasteiger partial charge in [0.2, 0.25) is 0 Å². The average Bonchev–Trinajstić information content (AvgIpc) is 2.39. The van der Waals surface area contributed by atoms with E-state index in [1.807, 2.05) is 57.2 Å². The zero-order chi connectivity index (χ0) is 13.8. The van der Waals surface area contributed by atoms with Gasteiger partial charge in [0.1, 0.15) is 0 Å². The maximum atomic E-state index is 12.0. The predicted molar refractivity (Wildman–Crippen MR) is 76.1 cm³/mol. The van der Waals surface area contributed by atoms with Crippen molar-refractivity contribution < 1.29 is 4.79 Å². The van der Waals surface area contributed by atoms with Crippen LogP contribution in [0.1, 0.15) is 32.9 Å². The number of amides is 1. The van der Waals surface area contributed by atoms with Crippen molar-refractivity contribution in [2.45, 2.75) is 27.3 Å². The second-order valence-electron chi connectivity index (χ2n) is 4.75. The first-order valence-electron chi connectivity index (χ1n) is 6.34.